The molecule has 0 aliphatic carbocycles. The molecule has 13 heteroatoms. The van der Waals surface area contributed by atoms with E-state index in [4.69, 9.17) is 0 Å². The molecule has 0 aromatic carbocycles. The third kappa shape index (κ3) is 4.78. The average molecular weight is 320 g/mol. The van der Waals surface area contributed by atoms with Gasteiger partial charge in [0.15, 0.2) is 5.08 Å². The molecule has 0 N–H and O–H groups in total. The smallest absolute Gasteiger partial charge is 1.00 e. The van der Waals surface area contributed by atoms with Crippen LogP contribution in [0.25, 0.3) is 0 Å². The molecule has 0 aromatic rings. The minimum atomic E-state index is -6.35. The number of rotatable bonds is 2. The molecule has 94 valence electrons. The van der Waals surface area contributed by atoms with Gasteiger partial charge in [-0.2, -0.15) is 26.3 Å². The van der Waals surface area contributed by atoms with Crippen LogP contribution in [0.3, 0.4) is 0 Å². The van der Waals surface area contributed by atoms with E-state index in [0.29, 0.717) is 0 Å². The molecule has 0 rings (SSSR count). The second-order valence-corrected chi connectivity index (χ2v) is 6.57. The first-order valence-electron chi connectivity index (χ1n) is 2.79. The zero-order valence-electron chi connectivity index (χ0n) is 8.42. The van der Waals surface area contributed by atoms with Crippen molar-refractivity contribution < 1.29 is 96.0 Å². The maximum Gasteiger partial charge on any atom is 1.00 e. The number of sulfone groups is 2. The summed E-state index contributed by atoms with van der Waals surface area (Å²) in [6.45, 7) is 0. The van der Waals surface area contributed by atoms with Gasteiger partial charge in [0.1, 0.15) is 0 Å². The van der Waals surface area contributed by atoms with Gasteiger partial charge in [0.05, 0.1) is 0 Å². The summed E-state index contributed by atoms with van der Waals surface area (Å²) in [5.41, 5.74) is -12.1. The first-order valence-corrected chi connectivity index (χ1v) is 6.09. The molecule has 0 unspecified atom stereocenters. The van der Waals surface area contributed by atoms with Crippen molar-refractivity contribution in [1.82, 2.24) is 0 Å². The number of halogens is 6. The van der Waals surface area contributed by atoms with Gasteiger partial charge in [-0.05, 0) is 0 Å². The van der Waals surface area contributed by atoms with E-state index >= 15 is 0 Å². The number of alkyl halides is 6. The molecule has 16 heavy (non-hydrogen) atoms. The quantitative estimate of drug-likeness (QED) is 0.433. The van der Waals surface area contributed by atoms with Gasteiger partial charge in [0, 0.05) is 0 Å². The summed E-state index contributed by atoms with van der Waals surface area (Å²) < 4.78 is 110. The topological polar surface area (TPSA) is 68.3 Å². The van der Waals surface area contributed by atoms with Crippen molar-refractivity contribution in [2.45, 2.75) is 11.0 Å². The summed E-state index contributed by atoms with van der Waals surface area (Å²) in [5, 5.41) is -3.03. The number of hydrogen-bond acceptors (Lipinski definition) is 4. The van der Waals surface area contributed by atoms with Crippen molar-refractivity contribution in [2.75, 3.05) is 5.08 Å². The van der Waals surface area contributed by atoms with Crippen LogP contribution in [0.2, 0.25) is 0 Å². The summed E-state index contributed by atoms with van der Waals surface area (Å²) in [6.07, 6.45) is 0. The Balaban J connectivity index is -0.000000980. The molecule has 0 saturated carbocycles. The first-order chi connectivity index (χ1) is 6.21. The van der Waals surface area contributed by atoms with Crippen LogP contribution in [0.15, 0.2) is 0 Å². The van der Waals surface area contributed by atoms with Gasteiger partial charge in [-0.15, -0.1) is 0 Å². The van der Waals surface area contributed by atoms with E-state index in [0.717, 1.165) is 0 Å². The normalized spacial score (nSPS) is 14.4. The van der Waals surface area contributed by atoms with Crippen LogP contribution < -0.4 is 51.4 Å². The molecule has 0 heterocycles. The van der Waals surface area contributed by atoms with Crippen molar-refractivity contribution in [3.8, 4) is 0 Å². The SMILES string of the molecule is O=S(=O)(CS(=O)(=O)C(F)(F)F)C(F)(F)F.[H-].[K+]. The van der Waals surface area contributed by atoms with Gasteiger partial charge >= 0.3 is 62.4 Å². The van der Waals surface area contributed by atoms with E-state index in [-0.39, 0.29) is 52.8 Å². The van der Waals surface area contributed by atoms with Crippen molar-refractivity contribution in [3.05, 3.63) is 0 Å². The molecular weight excluding hydrogens is 317 g/mol. The molecule has 0 atom stereocenters. The van der Waals surface area contributed by atoms with E-state index in [1.807, 2.05) is 0 Å². The Morgan fingerprint density at radius 1 is 0.750 bits per heavy atom. The Morgan fingerprint density at radius 2 is 0.938 bits per heavy atom. The zero-order valence-corrected chi connectivity index (χ0v) is 12.2. The average Bonchev–Trinajstić information content (AvgIpc) is 1.77. The molecule has 0 radical (unpaired) electrons. The Morgan fingerprint density at radius 3 is 1.06 bits per heavy atom. The first kappa shape index (κ1) is 19.5. The third-order valence-corrected chi connectivity index (χ3v) is 4.91. The summed E-state index contributed by atoms with van der Waals surface area (Å²) in [4.78, 5) is 0. The summed E-state index contributed by atoms with van der Waals surface area (Å²) in [7, 11) is -12.7. The Kier molecular flexibility index (Phi) is 6.57. The summed E-state index contributed by atoms with van der Waals surface area (Å²) in [6, 6.07) is 0. The largest absolute Gasteiger partial charge is 1.00 e. The Labute approximate surface area is 130 Å². The molecule has 0 aromatic heterocycles. The monoisotopic (exact) mass is 320 g/mol. The maximum atomic E-state index is 11.5. The van der Waals surface area contributed by atoms with Gasteiger partial charge in [-0.1, -0.05) is 0 Å². The predicted octanol–water partition coefficient (Wildman–Crippen LogP) is -2.07. The molecule has 0 aliphatic heterocycles. The van der Waals surface area contributed by atoms with E-state index < -0.39 is 35.8 Å². The summed E-state index contributed by atoms with van der Waals surface area (Å²) >= 11 is 0. The number of hydrogen-bond donors (Lipinski definition) is 0. The van der Waals surface area contributed by atoms with E-state index in [1.54, 1.807) is 0 Å². The van der Waals surface area contributed by atoms with Crippen LogP contribution in [0.5, 0.6) is 0 Å². The zero-order chi connectivity index (χ0) is 12.7. The van der Waals surface area contributed by atoms with Crippen molar-refractivity contribution in [3.63, 3.8) is 0 Å². The molecule has 0 spiro atoms. The van der Waals surface area contributed by atoms with Crippen LogP contribution in [0.4, 0.5) is 26.3 Å². The van der Waals surface area contributed by atoms with Gasteiger partial charge in [0.25, 0.3) is 19.7 Å². The van der Waals surface area contributed by atoms with Gasteiger partial charge in [-0.25, -0.2) is 16.8 Å². The standard InChI is InChI=1S/C3H2F6O4S2.K.H/c4-2(5,6)14(10,11)1-15(12,13)3(7,8)9;;/h1H2;;/q;+1;-1. The fourth-order valence-electron chi connectivity index (χ4n) is 0.338. The van der Waals surface area contributed by atoms with Gasteiger partial charge in [-0.3, -0.25) is 0 Å². The fourth-order valence-corrected chi connectivity index (χ4v) is 3.04. The summed E-state index contributed by atoms with van der Waals surface area (Å²) in [5.74, 6) is 0. The Hall–Kier alpha value is 1.12. The van der Waals surface area contributed by atoms with Gasteiger partial charge in [0.2, 0.25) is 0 Å². The molecule has 0 fully saturated rings. The molecule has 4 nitrogen and oxygen atoms in total. The molecular formula is C3H3F6KO4S2. The second-order valence-electron chi connectivity index (χ2n) is 2.24. The maximum absolute atomic E-state index is 11.5. The molecule has 0 amide bonds. The van der Waals surface area contributed by atoms with Crippen LogP contribution in [0.1, 0.15) is 1.43 Å². The minimum absolute atomic E-state index is 0. The molecule has 0 saturated heterocycles. The van der Waals surface area contributed by atoms with Crippen molar-refractivity contribution >= 4 is 19.7 Å². The van der Waals surface area contributed by atoms with Crippen molar-refractivity contribution in [2.24, 2.45) is 0 Å². The Bertz CT molecular complexity index is 393. The predicted molar refractivity (Wildman–Crippen MR) is 35.9 cm³/mol. The van der Waals surface area contributed by atoms with Gasteiger partial charge < -0.3 is 1.43 Å². The molecule has 0 aliphatic rings. The van der Waals surface area contributed by atoms with Crippen molar-refractivity contribution in [1.29, 1.82) is 0 Å². The van der Waals surface area contributed by atoms with E-state index in [9.17, 15) is 43.2 Å². The second kappa shape index (κ2) is 5.40. The van der Waals surface area contributed by atoms with Crippen LogP contribution >= 0.6 is 0 Å². The molecule has 0 bridgehead atoms. The fraction of sp³-hybridized carbons (Fsp3) is 1.00. The minimum Gasteiger partial charge on any atom is -1.00 e. The van der Waals surface area contributed by atoms with Crippen LogP contribution in [-0.2, 0) is 19.7 Å². The van der Waals surface area contributed by atoms with Crippen LogP contribution in [0, 0.1) is 0 Å². The third-order valence-electron chi connectivity index (χ3n) is 1.02. The van der Waals surface area contributed by atoms with E-state index in [2.05, 4.69) is 0 Å². The van der Waals surface area contributed by atoms with Crippen LogP contribution in [-0.4, -0.2) is 32.9 Å². The van der Waals surface area contributed by atoms with E-state index in [1.165, 1.54) is 0 Å².